The Bertz CT molecular complexity index is 1350. The lowest BCUT2D eigenvalue weighted by Crippen LogP contribution is -2.35. The molecule has 6 nitrogen and oxygen atoms in total. The Morgan fingerprint density at radius 1 is 1.07 bits per heavy atom. The quantitative estimate of drug-likeness (QED) is 0.140. The Morgan fingerprint density at radius 3 is 2.48 bits per heavy atom. The summed E-state index contributed by atoms with van der Waals surface area (Å²) in [7, 11) is -3.75. The number of hydrogen-bond donors (Lipinski definition) is 1. The fourth-order valence-electron chi connectivity index (χ4n) is 4.57. The molecule has 0 amide bonds. The van der Waals surface area contributed by atoms with Crippen molar-refractivity contribution < 1.29 is 22.7 Å². The van der Waals surface area contributed by atoms with Crippen LogP contribution in [0.5, 0.6) is 0 Å². The summed E-state index contributed by atoms with van der Waals surface area (Å²) in [6.45, 7) is 13.3. The van der Waals surface area contributed by atoms with E-state index in [0.717, 1.165) is 48.8 Å². The zero-order valence-electron chi connectivity index (χ0n) is 24.4. The van der Waals surface area contributed by atoms with E-state index in [1.165, 1.54) is 5.56 Å². The lowest BCUT2D eigenvalue weighted by atomic mass is 9.97. The average molecular weight is 566 g/mol. The number of sulfonamides is 1. The topological polar surface area (TPSA) is 81.7 Å². The molecule has 216 valence electrons. The van der Waals surface area contributed by atoms with Gasteiger partial charge in [0.25, 0.3) is 0 Å². The molecule has 1 aliphatic carbocycles. The van der Waals surface area contributed by atoms with Crippen molar-refractivity contribution in [3.8, 4) is 11.1 Å². The van der Waals surface area contributed by atoms with E-state index in [2.05, 4.69) is 37.3 Å². The number of rotatable bonds is 10. The molecule has 1 atom stereocenters. The SMILES string of the molecule is C=C(/C=C\C=C1/CCCCCC1NS(=O)(=O)c1cccc(-c2cccc(C(C)C)c2)c1)OCC(=O)OC(C)(C)C. The second kappa shape index (κ2) is 14.0. The van der Waals surface area contributed by atoms with E-state index in [1.54, 1.807) is 51.1 Å². The van der Waals surface area contributed by atoms with Crippen molar-refractivity contribution in [2.24, 2.45) is 0 Å². The highest BCUT2D eigenvalue weighted by Crippen LogP contribution is 2.28. The minimum atomic E-state index is -3.75. The monoisotopic (exact) mass is 565 g/mol. The van der Waals surface area contributed by atoms with Crippen LogP contribution in [0.25, 0.3) is 11.1 Å². The molecule has 0 bridgehead atoms. The summed E-state index contributed by atoms with van der Waals surface area (Å²) in [4.78, 5) is 12.1. The summed E-state index contributed by atoms with van der Waals surface area (Å²) in [5, 5.41) is 0. The minimum absolute atomic E-state index is 0.222. The molecule has 1 saturated carbocycles. The van der Waals surface area contributed by atoms with Crippen LogP contribution < -0.4 is 4.72 Å². The lowest BCUT2D eigenvalue weighted by Gasteiger charge is -2.20. The van der Waals surface area contributed by atoms with Crippen LogP contribution in [0, 0.1) is 0 Å². The van der Waals surface area contributed by atoms with E-state index in [9.17, 15) is 13.2 Å². The van der Waals surface area contributed by atoms with Crippen LogP contribution in [0.4, 0.5) is 0 Å². The molecule has 1 aliphatic rings. The molecule has 2 aromatic rings. The predicted octanol–water partition coefficient (Wildman–Crippen LogP) is 7.44. The molecule has 7 heteroatoms. The summed E-state index contributed by atoms with van der Waals surface area (Å²) in [6.07, 6.45) is 9.90. The second-order valence-corrected chi connectivity index (χ2v) is 13.2. The number of allylic oxidation sites excluding steroid dienone is 3. The maximum absolute atomic E-state index is 13.5. The molecule has 0 radical (unpaired) electrons. The molecule has 2 aromatic carbocycles. The number of carbonyl (C=O) groups excluding carboxylic acids is 1. The fraction of sp³-hybridized carbons (Fsp3) is 0.424. The first-order chi connectivity index (χ1) is 18.8. The van der Waals surface area contributed by atoms with E-state index in [4.69, 9.17) is 9.47 Å². The van der Waals surface area contributed by atoms with Gasteiger partial charge in [0, 0.05) is 6.04 Å². The van der Waals surface area contributed by atoms with Gasteiger partial charge in [-0.3, -0.25) is 0 Å². The Balaban J connectivity index is 1.72. The van der Waals surface area contributed by atoms with Crippen LogP contribution in [-0.2, 0) is 24.3 Å². The summed E-state index contributed by atoms with van der Waals surface area (Å²) >= 11 is 0. The van der Waals surface area contributed by atoms with Gasteiger partial charge in [0.05, 0.1) is 4.90 Å². The van der Waals surface area contributed by atoms with Gasteiger partial charge in [-0.2, -0.15) is 0 Å². The normalized spacial score (nSPS) is 17.6. The van der Waals surface area contributed by atoms with Gasteiger partial charge in [0.1, 0.15) is 11.4 Å². The molecular weight excluding hydrogens is 522 g/mol. The first-order valence-corrected chi connectivity index (χ1v) is 15.5. The molecule has 0 saturated heterocycles. The van der Waals surface area contributed by atoms with Crippen LogP contribution in [0.15, 0.2) is 89.6 Å². The Labute approximate surface area is 240 Å². The summed E-state index contributed by atoms with van der Waals surface area (Å²) in [6, 6.07) is 15.0. The molecule has 0 aliphatic heterocycles. The van der Waals surface area contributed by atoms with Crippen LogP contribution in [0.1, 0.15) is 78.2 Å². The van der Waals surface area contributed by atoms with E-state index >= 15 is 0 Å². The van der Waals surface area contributed by atoms with E-state index in [1.807, 2.05) is 24.3 Å². The number of nitrogens with one attached hydrogen (secondary N) is 1. The van der Waals surface area contributed by atoms with Gasteiger partial charge >= 0.3 is 5.97 Å². The van der Waals surface area contributed by atoms with Crippen LogP contribution in [0.2, 0.25) is 0 Å². The molecule has 40 heavy (non-hydrogen) atoms. The third-order valence-electron chi connectivity index (χ3n) is 6.62. The van der Waals surface area contributed by atoms with Gasteiger partial charge in [-0.25, -0.2) is 17.9 Å². The number of hydrogen-bond acceptors (Lipinski definition) is 5. The minimum Gasteiger partial charge on any atom is -0.483 e. The Kier molecular flexibility index (Phi) is 10.9. The lowest BCUT2D eigenvalue weighted by molar-refractivity contribution is -0.158. The van der Waals surface area contributed by atoms with Gasteiger partial charge in [0.2, 0.25) is 10.0 Å². The van der Waals surface area contributed by atoms with Crippen LogP contribution in [0.3, 0.4) is 0 Å². The summed E-state index contributed by atoms with van der Waals surface area (Å²) in [5.74, 6) is 0.249. The van der Waals surface area contributed by atoms with Gasteiger partial charge in [0.15, 0.2) is 6.61 Å². The maximum atomic E-state index is 13.5. The number of ether oxygens (including phenoxy) is 2. The van der Waals surface area contributed by atoms with E-state index in [0.29, 0.717) is 11.7 Å². The summed E-state index contributed by atoms with van der Waals surface area (Å²) in [5.41, 5.74) is 3.51. The molecule has 1 N–H and O–H groups in total. The summed E-state index contributed by atoms with van der Waals surface area (Å²) < 4.78 is 40.6. The molecule has 3 rings (SSSR count). The first kappa shape index (κ1) is 31.4. The Morgan fingerprint density at radius 2 is 1.77 bits per heavy atom. The van der Waals surface area contributed by atoms with Crippen molar-refractivity contribution in [1.82, 2.24) is 4.72 Å². The smallest absolute Gasteiger partial charge is 0.344 e. The van der Waals surface area contributed by atoms with Crippen molar-refractivity contribution in [2.75, 3.05) is 6.61 Å². The third-order valence-corrected chi connectivity index (χ3v) is 8.09. The van der Waals surface area contributed by atoms with Gasteiger partial charge < -0.3 is 9.47 Å². The van der Waals surface area contributed by atoms with E-state index < -0.39 is 21.6 Å². The van der Waals surface area contributed by atoms with Crippen molar-refractivity contribution in [3.05, 3.63) is 90.2 Å². The zero-order valence-corrected chi connectivity index (χ0v) is 25.2. The number of carbonyl (C=O) groups is 1. The maximum Gasteiger partial charge on any atom is 0.344 e. The van der Waals surface area contributed by atoms with Crippen LogP contribution >= 0.6 is 0 Å². The van der Waals surface area contributed by atoms with E-state index in [-0.39, 0.29) is 17.5 Å². The first-order valence-electron chi connectivity index (χ1n) is 14.0. The molecule has 0 spiro atoms. The zero-order chi connectivity index (χ0) is 29.3. The predicted molar refractivity (Wildman–Crippen MR) is 161 cm³/mol. The molecular formula is C33H43NO5S. The van der Waals surface area contributed by atoms with Crippen molar-refractivity contribution in [1.29, 1.82) is 0 Å². The highest BCUT2D eigenvalue weighted by atomic mass is 32.2. The molecule has 1 fully saturated rings. The van der Waals surface area contributed by atoms with Crippen molar-refractivity contribution in [2.45, 2.75) is 89.2 Å². The van der Waals surface area contributed by atoms with Gasteiger partial charge in [-0.15, -0.1) is 0 Å². The standard InChI is InChI=1S/C33H43NO5S/c1-24(2)27-16-11-17-28(21-27)29-18-12-19-30(22-29)40(36,37)34-31-20-9-7-8-14-26(31)15-10-13-25(3)38-23-32(35)39-33(4,5)6/h10-13,15-19,21-22,24,31,34H,3,7-9,14,20,23H2,1-2,4-6H3/b13-10-,26-15+. The van der Waals surface area contributed by atoms with Crippen LogP contribution in [-0.4, -0.2) is 32.6 Å². The number of benzene rings is 2. The molecule has 0 aromatic heterocycles. The number of esters is 1. The molecule has 0 heterocycles. The molecule has 1 unspecified atom stereocenters. The highest BCUT2D eigenvalue weighted by Gasteiger charge is 2.24. The highest BCUT2D eigenvalue weighted by molar-refractivity contribution is 7.89. The average Bonchev–Trinajstić information content (AvgIpc) is 3.11. The third kappa shape index (κ3) is 9.79. The largest absolute Gasteiger partial charge is 0.483 e. The fourth-order valence-corrected chi connectivity index (χ4v) is 5.89. The van der Waals surface area contributed by atoms with Gasteiger partial charge in [-0.1, -0.05) is 87.4 Å². The Hall–Kier alpha value is -3.16. The van der Waals surface area contributed by atoms with Crippen molar-refractivity contribution >= 4 is 16.0 Å². The second-order valence-electron chi connectivity index (χ2n) is 11.5. The van der Waals surface area contributed by atoms with Crippen molar-refractivity contribution in [3.63, 3.8) is 0 Å². The van der Waals surface area contributed by atoms with Gasteiger partial charge in [-0.05, 0) is 80.9 Å².